The van der Waals surface area contributed by atoms with Crippen LogP contribution in [0.5, 0.6) is 0 Å². The molecule has 0 N–H and O–H groups in total. The van der Waals surface area contributed by atoms with Gasteiger partial charge in [0.2, 0.25) is 0 Å². The molecule has 1 atom stereocenters. The van der Waals surface area contributed by atoms with Gasteiger partial charge in [-0.2, -0.15) is 10.2 Å². The first-order valence-corrected chi connectivity index (χ1v) is 9.12. The van der Waals surface area contributed by atoms with Crippen LogP contribution < -0.4 is 0 Å². The number of hydrogen-bond acceptors (Lipinski definition) is 3. The maximum absolute atomic E-state index is 13.2. The average Bonchev–Trinajstić information content (AvgIpc) is 3.32. The van der Waals surface area contributed by atoms with Crippen LogP contribution in [0.4, 0.5) is 0 Å². The topological polar surface area (TPSA) is 56.0 Å². The van der Waals surface area contributed by atoms with Gasteiger partial charge < -0.3 is 4.90 Å². The second kappa shape index (κ2) is 7.15. The van der Waals surface area contributed by atoms with Crippen LogP contribution in [0.15, 0.2) is 55.0 Å². The number of para-hydroxylation sites is 1. The van der Waals surface area contributed by atoms with Crippen LogP contribution >= 0.6 is 0 Å². The first-order chi connectivity index (χ1) is 12.7. The molecule has 1 saturated heterocycles. The third kappa shape index (κ3) is 3.27. The number of nitrogens with zero attached hydrogens (tertiary/aromatic N) is 5. The SMILES string of the molecule is Cc1nn(-c2ccccc2)cc1C(=O)N1CCCC[C@H]1Cn1cccn1. The van der Waals surface area contributed by atoms with E-state index in [4.69, 9.17) is 0 Å². The van der Waals surface area contributed by atoms with Gasteiger partial charge in [-0.3, -0.25) is 9.48 Å². The van der Waals surface area contributed by atoms with Gasteiger partial charge in [0, 0.05) is 25.1 Å². The van der Waals surface area contributed by atoms with E-state index in [2.05, 4.69) is 10.2 Å². The van der Waals surface area contributed by atoms with E-state index in [-0.39, 0.29) is 11.9 Å². The van der Waals surface area contributed by atoms with Crippen LogP contribution in [0.3, 0.4) is 0 Å². The Labute approximate surface area is 153 Å². The molecule has 1 amide bonds. The Morgan fingerprint density at radius 2 is 2.04 bits per heavy atom. The van der Waals surface area contributed by atoms with Crippen molar-refractivity contribution in [2.24, 2.45) is 0 Å². The highest BCUT2D eigenvalue weighted by Crippen LogP contribution is 2.22. The van der Waals surface area contributed by atoms with Gasteiger partial charge in [-0.15, -0.1) is 0 Å². The average molecular weight is 349 g/mol. The lowest BCUT2D eigenvalue weighted by Gasteiger charge is -2.35. The molecule has 0 unspecified atom stereocenters. The molecule has 2 aromatic heterocycles. The molecule has 1 fully saturated rings. The molecule has 0 saturated carbocycles. The smallest absolute Gasteiger partial charge is 0.257 e. The van der Waals surface area contributed by atoms with Gasteiger partial charge in [0.05, 0.1) is 29.5 Å². The lowest BCUT2D eigenvalue weighted by molar-refractivity contribution is 0.0583. The standard InChI is InChI=1S/C20H23N5O/c1-16-19(15-25(22-16)17-8-3-2-4-9-17)20(26)24-13-6-5-10-18(24)14-23-12-7-11-21-23/h2-4,7-9,11-12,15,18H,5-6,10,13-14H2,1H3/t18-/m0/s1. The van der Waals surface area contributed by atoms with E-state index in [1.54, 1.807) is 10.9 Å². The molecule has 0 bridgehead atoms. The lowest BCUT2D eigenvalue weighted by atomic mass is 10.0. The van der Waals surface area contributed by atoms with Gasteiger partial charge in [-0.25, -0.2) is 4.68 Å². The molecule has 0 aliphatic carbocycles. The van der Waals surface area contributed by atoms with Gasteiger partial charge in [0.1, 0.15) is 0 Å². The van der Waals surface area contributed by atoms with Crippen LogP contribution in [0.25, 0.3) is 5.69 Å². The first kappa shape index (κ1) is 16.6. The molecule has 0 radical (unpaired) electrons. The normalized spacial score (nSPS) is 17.4. The summed E-state index contributed by atoms with van der Waals surface area (Å²) in [4.78, 5) is 15.3. The number of hydrogen-bond donors (Lipinski definition) is 0. The van der Waals surface area contributed by atoms with E-state index in [1.807, 2.05) is 65.3 Å². The van der Waals surface area contributed by atoms with E-state index < -0.39 is 0 Å². The van der Waals surface area contributed by atoms with Gasteiger partial charge in [0.15, 0.2) is 0 Å². The fourth-order valence-electron chi connectivity index (χ4n) is 3.62. The van der Waals surface area contributed by atoms with E-state index >= 15 is 0 Å². The van der Waals surface area contributed by atoms with Crippen LogP contribution in [0.1, 0.15) is 35.3 Å². The number of aromatic nitrogens is 4. The van der Waals surface area contributed by atoms with Crippen molar-refractivity contribution in [1.82, 2.24) is 24.5 Å². The Hall–Kier alpha value is -2.89. The monoisotopic (exact) mass is 349 g/mol. The van der Waals surface area contributed by atoms with E-state index in [0.29, 0.717) is 5.56 Å². The van der Waals surface area contributed by atoms with Crippen LogP contribution in [-0.4, -0.2) is 43.0 Å². The number of piperidine rings is 1. The molecule has 134 valence electrons. The Kier molecular flexibility index (Phi) is 4.56. The van der Waals surface area contributed by atoms with Crippen molar-refractivity contribution in [3.8, 4) is 5.69 Å². The summed E-state index contributed by atoms with van der Waals surface area (Å²) < 4.78 is 3.70. The molecular formula is C20H23N5O. The van der Waals surface area contributed by atoms with E-state index in [1.165, 1.54) is 0 Å². The first-order valence-electron chi connectivity index (χ1n) is 9.12. The lowest BCUT2D eigenvalue weighted by Crippen LogP contribution is -2.46. The third-order valence-corrected chi connectivity index (χ3v) is 5.00. The minimum Gasteiger partial charge on any atom is -0.334 e. The zero-order valence-electron chi connectivity index (χ0n) is 15.0. The number of amides is 1. The molecule has 1 aromatic carbocycles. The molecule has 0 spiro atoms. The molecule has 6 heteroatoms. The van der Waals surface area contributed by atoms with Crippen molar-refractivity contribution in [3.63, 3.8) is 0 Å². The Bertz CT molecular complexity index is 869. The highest BCUT2D eigenvalue weighted by Gasteiger charge is 2.29. The summed E-state index contributed by atoms with van der Waals surface area (Å²) in [6.07, 6.45) is 8.80. The zero-order chi connectivity index (χ0) is 17.9. The van der Waals surface area contributed by atoms with Crippen molar-refractivity contribution >= 4 is 5.91 Å². The second-order valence-electron chi connectivity index (χ2n) is 6.78. The van der Waals surface area contributed by atoms with Gasteiger partial charge in [-0.05, 0) is 44.4 Å². The highest BCUT2D eigenvalue weighted by molar-refractivity contribution is 5.95. The fourth-order valence-corrected chi connectivity index (χ4v) is 3.62. The summed E-state index contributed by atoms with van der Waals surface area (Å²) in [7, 11) is 0. The number of benzene rings is 1. The van der Waals surface area contributed by atoms with Crippen molar-refractivity contribution in [3.05, 3.63) is 66.2 Å². The molecule has 3 heterocycles. The van der Waals surface area contributed by atoms with Crippen LogP contribution in [0, 0.1) is 6.92 Å². The summed E-state index contributed by atoms with van der Waals surface area (Å²) >= 11 is 0. The Morgan fingerprint density at radius 1 is 1.19 bits per heavy atom. The highest BCUT2D eigenvalue weighted by atomic mass is 16.2. The van der Waals surface area contributed by atoms with Gasteiger partial charge in [-0.1, -0.05) is 18.2 Å². The minimum absolute atomic E-state index is 0.0709. The molecule has 4 rings (SSSR count). The van der Waals surface area contributed by atoms with Crippen LogP contribution in [-0.2, 0) is 6.54 Å². The van der Waals surface area contributed by atoms with Crippen LogP contribution in [0.2, 0.25) is 0 Å². The number of carbonyl (C=O) groups excluding carboxylic acids is 1. The third-order valence-electron chi connectivity index (χ3n) is 5.00. The molecular weight excluding hydrogens is 326 g/mol. The van der Waals surface area contributed by atoms with E-state index in [9.17, 15) is 4.79 Å². The summed E-state index contributed by atoms with van der Waals surface area (Å²) in [5.74, 6) is 0.0709. The van der Waals surface area contributed by atoms with Crippen molar-refractivity contribution in [2.75, 3.05) is 6.54 Å². The zero-order valence-corrected chi connectivity index (χ0v) is 15.0. The second-order valence-corrected chi connectivity index (χ2v) is 6.78. The van der Waals surface area contributed by atoms with Gasteiger partial charge in [0.25, 0.3) is 5.91 Å². The number of carbonyl (C=O) groups is 1. The van der Waals surface area contributed by atoms with E-state index in [0.717, 1.165) is 43.7 Å². The Balaban J connectivity index is 1.58. The number of aryl methyl sites for hydroxylation is 1. The summed E-state index contributed by atoms with van der Waals surface area (Å²) in [5, 5.41) is 8.85. The quantitative estimate of drug-likeness (QED) is 0.727. The fraction of sp³-hybridized carbons (Fsp3) is 0.350. The van der Waals surface area contributed by atoms with Crippen molar-refractivity contribution in [2.45, 2.75) is 38.8 Å². The predicted octanol–water partition coefficient (Wildman–Crippen LogP) is 3.07. The van der Waals surface area contributed by atoms with Crippen molar-refractivity contribution < 1.29 is 4.79 Å². The number of likely N-dealkylation sites (tertiary alicyclic amines) is 1. The molecule has 1 aliphatic heterocycles. The van der Waals surface area contributed by atoms with Crippen molar-refractivity contribution in [1.29, 1.82) is 0 Å². The summed E-state index contributed by atoms with van der Waals surface area (Å²) in [5.41, 5.74) is 2.41. The molecule has 3 aromatic rings. The molecule has 26 heavy (non-hydrogen) atoms. The maximum Gasteiger partial charge on any atom is 0.257 e. The van der Waals surface area contributed by atoms with Gasteiger partial charge >= 0.3 is 0 Å². The largest absolute Gasteiger partial charge is 0.334 e. The number of rotatable bonds is 4. The summed E-state index contributed by atoms with van der Waals surface area (Å²) in [6.45, 7) is 3.43. The molecule has 1 aliphatic rings. The summed E-state index contributed by atoms with van der Waals surface area (Å²) in [6, 6.07) is 12.0. The maximum atomic E-state index is 13.2. The predicted molar refractivity (Wildman–Crippen MR) is 99.2 cm³/mol. The Morgan fingerprint density at radius 3 is 2.81 bits per heavy atom. The molecule has 6 nitrogen and oxygen atoms in total. The minimum atomic E-state index is 0.0709.